The maximum absolute atomic E-state index is 11.7. The van der Waals surface area contributed by atoms with Gasteiger partial charge in [-0.25, -0.2) is 17.9 Å². The van der Waals surface area contributed by atoms with E-state index in [-0.39, 0.29) is 15.6 Å². The maximum atomic E-state index is 11.7. The van der Waals surface area contributed by atoms with E-state index < -0.39 is 16.0 Å². The molecule has 0 aliphatic carbocycles. The van der Waals surface area contributed by atoms with E-state index in [1.165, 1.54) is 12.1 Å². The fourth-order valence-corrected chi connectivity index (χ4v) is 3.31. The number of nitrogens with one attached hydrogen (secondary N) is 1. The number of carboxylic acid groups (broad SMARTS) is 1. The summed E-state index contributed by atoms with van der Waals surface area (Å²) in [5.74, 6) is 1.27. The Hall–Kier alpha value is -1.36. The van der Waals surface area contributed by atoms with Crippen LogP contribution in [0, 0.1) is 12.3 Å². The van der Waals surface area contributed by atoms with Crippen molar-refractivity contribution in [1.29, 1.82) is 0 Å². The lowest BCUT2D eigenvalue weighted by atomic mass is 10.3. The number of rotatable bonds is 6. The minimum absolute atomic E-state index is 0.00407. The fourth-order valence-electron chi connectivity index (χ4n) is 1.05. The minimum Gasteiger partial charge on any atom is -0.477 e. The lowest BCUT2D eigenvalue weighted by molar-refractivity contribution is 0.0702. The second-order valence-electron chi connectivity index (χ2n) is 3.13. The van der Waals surface area contributed by atoms with Gasteiger partial charge in [0.25, 0.3) is 0 Å². The molecule has 1 aromatic heterocycles. The Balaban J connectivity index is 2.69. The number of aromatic carboxylic acids is 1. The summed E-state index contributed by atoms with van der Waals surface area (Å²) in [6.45, 7) is 0.243. The molecule has 0 fully saturated rings. The van der Waals surface area contributed by atoms with Crippen LogP contribution in [0.2, 0.25) is 0 Å². The zero-order valence-corrected chi connectivity index (χ0v) is 10.5. The first-order chi connectivity index (χ1) is 7.97. The van der Waals surface area contributed by atoms with Gasteiger partial charge in [-0.05, 0) is 18.6 Å². The van der Waals surface area contributed by atoms with Crippen LogP contribution in [0.15, 0.2) is 16.3 Å². The second-order valence-corrected chi connectivity index (χ2v) is 6.21. The van der Waals surface area contributed by atoms with Crippen molar-refractivity contribution >= 4 is 27.3 Å². The van der Waals surface area contributed by atoms with Crippen molar-refractivity contribution in [2.45, 2.75) is 17.1 Å². The Bertz CT molecular complexity index is 539. The number of carbonyl (C=O) groups is 1. The van der Waals surface area contributed by atoms with E-state index in [0.717, 1.165) is 11.3 Å². The zero-order valence-electron chi connectivity index (χ0n) is 8.84. The lowest BCUT2D eigenvalue weighted by Crippen LogP contribution is -2.23. The quantitative estimate of drug-likeness (QED) is 0.601. The molecule has 0 amide bonds. The first-order valence-corrected chi connectivity index (χ1v) is 7.03. The van der Waals surface area contributed by atoms with Gasteiger partial charge in [-0.2, -0.15) is 0 Å². The zero-order chi connectivity index (χ0) is 12.9. The van der Waals surface area contributed by atoms with Crippen molar-refractivity contribution in [2.75, 3.05) is 6.54 Å². The summed E-state index contributed by atoms with van der Waals surface area (Å²) >= 11 is 0.721. The van der Waals surface area contributed by atoms with Crippen molar-refractivity contribution < 1.29 is 18.3 Å². The molecule has 5 nitrogen and oxygen atoms in total. The molecule has 2 N–H and O–H groups in total. The van der Waals surface area contributed by atoms with Gasteiger partial charge in [0.15, 0.2) is 0 Å². The van der Waals surface area contributed by atoms with E-state index in [1.54, 1.807) is 0 Å². The number of sulfonamides is 1. The van der Waals surface area contributed by atoms with Gasteiger partial charge >= 0.3 is 5.97 Å². The molecule has 0 bridgehead atoms. The highest BCUT2D eigenvalue weighted by molar-refractivity contribution is 7.91. The van der Waals surface area contributed by atoms with Crippen molar-refractivity contribution in [3.63, 3.8) is 0 Å². The SMILES string of the molecule is C#CCCCNS(=O)(=O)c1ccc(C(=O)O)s1. The van der Waals surface area contributed by atoms with Gasteiger partial charge in [-0.1, -0.05) is 0 Å². The summed E-state index contributed by atoms with van der Waals surface area (Å²) in [7, 11) is -3.62. The standard InChI is InChI=1S/C10H11NO4S2/c1-2-3-4-7-11-17(14,15)9-6-5-8(16-9)10(12)13/h1,5-6,11H,3-4,7H2,(H,12,13). The van der Waals surface area contributed by atoms with E-state index in [2.05, 4.69) is 10.6 Å². The molecular weight excluding hydrogens is 262 g/mol. The van der Waals surface area contributed by atoms with Crippen LogP contribution in [0.1, 0.15) is 22.5 Å². The maximum Gasteiger partial charge on any atom is 0.345 e. The molecule has 0 spiro atoms. The van der Waals surface area contributed by atoms with Gasteiger partial charge in [-0.15, -0.1) is 23.7 Å². The highest BCUT2D eigenvalue weighted by Crippen LogP contribution is 2.21. The van der Waals surface area contributed by atoms with Crippen LogP contribution in [0.25, 0.3) is 0 Å². The number of thiophene rings is 1. The molecule has 0 saturated carbocycles. The molecule has 1 heterocycles. The molecule has 7 heteroatoms. The van der Waals surface area contributed by atoms with Gasteiger partial charge in [0.2, 0.25) is 10.0 Å². The molecule has 92 valence electrons. The van der Waals surface area contributed by atoms with Crippen LogP contribution in [0.5, 0.6) is 0 Å². The molecule has 0 aromatic carbocycles. The van der Waals surface area contributed by atoms with Gasteiger partial charge in [-0.3, -0.25) is 0 Å². The van der Waals surface area contributed by atoms with E-state index >= 15 is 0 Å². The van der Waals surface area contributed by atoms with Crippen LogP contribution in [-0.2, 0) is 10.0 Å². The first-order valence-electron chi connectivity index (χ1n) is 4.73. The largest absolute Gasteiger partial charge is 0.477 e. The normalized spacial score (nSPS) is 11.0. The molecule has 1 aromatic rings. The average Bonchev–Trinajstić information content (AvgIpc) is 2.74. The van der Waals surface area contributed by atoms with E-state index in [0.29, 0.717) is 12.8 Å². The van der Waals surface area contributed by atoms with Crippen LogP contribution in [-0.4, -0.2) is 26.0 Å². The van der Waals surface area contributed by atoms with E-state index in [1.807, 2.05) is 0 Å². The molecule has 0 aliphatic rings. The Morgan fingerprint density at radius 2 is 2.24 bits per heavy atom. The number of carboxylic acids is 1. The van der Waals surface area contributed by atoms with Crippen LogP contribution in [0.4, 0.5) is 0 Å². The summed E-state index contributed by atoms with van der Waals surface area (Å²) in [6, 6.07) is 2.54. The number of terminal acetylenes is 1. The Morgan fingerprint density at radius 1 is 1.53 bits per heavy atom. The van der Waals surface area contributed by atoms with Gasteiger partial charge in [0.1, 0.15) is 9.09 Å². The van der Waals surface area contributed by atoms with Gasteiger partial charge in [0.05, 0.1) is 0 Å². The molecule has 0 unspecified atom stereocenters. The highest BCUT2D eigenvalue weighted by Gasteiger charge is 2.18. The summed E-state index contributed by atoms with van der Waals surface area (Å²) in [5, 5.41) is 8.68. The number of hydrogen-bond donors (Lipinski definition) is 2. The summed E-state index contributed by atoms with van der Waals surface area (Å²) in [5.41, 5.74) is 0. The third-order valence-corrected chi connectivity index (χ3v) is 4.87. The average molecular weight is 273 g/mol. The van der Waals surface area contributed by atoms with E-state index in [9.17, 15) is 13.2 Å². The van der Waals surface area contributed by atoms with Crippen molar-refractivity contribution in [2.24, 2.45) is 0 Å². The number of hydrogen-bond acceptors (Lipinski definition) is 4. The number of unbranched alkanes of at least 4 members (excludes halogenated alkanes) is 1. The lowest BCUT2D eigenvalue weighted by Gasteiger charge is -2.02. The van der Waals surface area contributed by atoms with Gasteiger partial charge in [0, 0.05) is 13.0 Å². The van der Waals surface area contributed by atoms with Crippen LogP contribution >= 0.6 is 11.3 Å². The molecule has 1 rings (SSSR count). The van der Waals surface area contributed by atoms with Gasteiger partial charge < -0.3 is 5.11 Å². The summed E-state index contributed by atoms with van der Waals surface area (Å²) in [6.07, 6.45) is 6.08. The monoisotopic (exact) mass is 273 g/mol. The fraction of sp³-hybridized carbons (Fsp3) is 0.300. The molecule has 0 atom stereocenters. The van der Waals surface area contributed by atoms with Crippen LogP contribution in [0.3, 0.4) is 0 Å². The summed E-state index contributed by atoms with van der Waals surface area (Å²) in [4.78, 5) is 10.6. The van der Waals surface area contributed by atoms with E-state index in [4.69, 9.17) is 11.5 Å². The molecule has 17 heavy (non-hydrogen) atoms. The Labute approximate surface area is 104 Å². The molecule has 0 saturated heterocycles. The van der Waals surface area contributed by atoms with Crippen molar-refractivity contribution in [1.82, 2.24) is 4.72 Å². The Morgan fingerprint density at radius 3 is 2.76 bits per heavy atom. The highest BCUT2D eigenvalue weighted by atomic mass is 32.2. The third kappa shape index (κ3) is 3.85. The molecule has 0 radical (unpaired) electrons. The Kier molecular flexibility index (Phi) is 4.69. The minimum atomic E-state index is -3.62. The second kappa shape index (κ2) is 5.82. The smallest absolute Gasteiger partial charge is 0.345 e. The first kappa shape index (κ1) is 13.7. The van der Waals surface area contributed by atoms with Crippen molar-refractivity contribution in [3.8, 4) is 12.3 Å². The van der Waals surface area contributed by atoms with Crippen molar-refractivity contribution in [3.05, 3.63) is 17.0 Å². The molecular formula is C10H11NO4S2. The third-order valence-electron chi connectivity index (χ3n) is 1.85. The topological polar surface area (TPSA) is 83.5 Å². The van der Waals surface area contributed by atoms with Crippen LogP contribution < -0.4 is 4.72 Å². The molecule has 0 aliphatic heterocycles. The predicted molar refractivity (Wildman–Crippen MR) is 64.5 cm³/mol. The summed E-state index contributed by atoms with van der Waals surface area (Å²) < 4.78 is 25.7. The predicted octanol–water partition coefficient (Wildman–Crippen LogP) is 1.14.